The maximum atomic E-state index is 12.6. The van der Waals surface area contributed by atoms with Crippen molar-refractivity contribution in [3.05, 3.63) is 30.1 Å². The molecule has 16 heavy (non-hydrogen) atoms. The van der Waals surface area contributed by atoms with E-state index in [-0.39, 0.29) is 12.4 Å². The smallest absolute Gasteiger partial charge is 0.319 e. The van der Waals surface area contributed by atoms with E-state index in [1.807, 2.05) is 0 Å². The molecule has 0 aliphatic carbocycles. The molecule has 2 amide bonds. The van der Waals surface area contributed by atoms with Crippen LogP contribution in [0.2, 0.25) is 0 Å². The van der Waals surface area contributed by atoms with Crippen molar-refractivity contribution in [2.45, 2.75) is 19.4 Å². The van der Waals surface area contributed by atoms with Gasteiger partial charge in [0, 0.05) is 12.2 Å². The molecule has 88 valence electrons. The number of nitrogens with one attached hydrogen (secondary N) is 2. The summed E-state index contributed by atoms with van der Waals surface area (Å²) in [5.74, 6) is -0.359. The molecule has 3 N–H and O–H groups in total. The van der Waals surface area contributed by atoms with Crippen LogP contribution < -0.4 is 10.6 Å². The molecule has 1 aromatic carbocycles. The van der Waals surface area contributed by atoms with Gasteiger partial charge in [-0.25, -0.2) is 9.18 Å². The van der Waals surface area contributed by atoms with Crippen LogP contribution in [0.4, 0.5) is 14.9 Å². The van der Waals surface area contributed by atoms with E-state index >= 15 is 0 Å². The van der Waals surface area contributed by atoms with E-state index in [9.17, 15) is 14.3 Å². The van der Waals surface area contributed by atoms with Crippen LogP contribution in [0.3, 0.4) is 0 Å². The van der Waals surface area contributed by atoms with Gasteiger partial charge in [-0.2, -0.15) is 0 Å². The molecule has 1 aromatic rings. The molecule has 0 fully saturated rings. The fourth-order valence-corrected chi connectivity index (χ4v) is 1.01. The highest BCUT2D eigenvalue weighted by molar-refractivity contribution is 5.89. The van der Waals surface area contributed by atoms with E-state index in [4.69, 9.17) is 0 Å². The third-order valence-corrected chi connectivity index (χ3v) is 1.78. The highest BCUT2D eigenvalue weighted by Gasteiger charge is 2.13. The van der Waals surface area contributed by atoms with Crippen molar-refractivity contribution >= 4 is 11.7 Å². The Morgan fingerprint density at radius 1 is 1.38 bits per heavy atom. The van der Waals surface area contributed by atoms with Crippen molar-refractivity contribution < 1.29 is 14.3 Å². The first-order valence-corrected chi connectivity index (χ1v) is 4.90. The highest BCUT2D eigenvalue weighted by atomic mass is 19.1. The number of hydrogen-bond acceptors (Lipinski definition) is 2. The number of halogens is 1. The minimum Gasteiger partial charge on any atom is -0.389 e. The summed E-state index contributed by atoms with van der Waals surface area (Å²) in [6.07, 6.45) is 0. The second-order valence-electron chi connectivity index (χ2n) is 4.13. The summed E-state index contributed by atoms with van der Waals surface area (Å²) in [5, 5.41) is 14.4. The monoisotopic (exact) mass is 226 g/mol. The van der Waals surface area contributed by atoms with Crippen molar-refractivity contribution in [2.75, 3.05) is 11.9 Å². The van der Waals surface area contributed by atoms with Crippen LogP contribution in [0.25, 0.3) is 0 Å². The van der Waals surface area contributed by atoms with Gasteiger partial charge in [-0.05, 0) is 38.1 Å². The number of carbonyl (C=O) groups is 1. The Bertz CT molecular complexity index is 357. The van der Waals surface area contributed by atoms with E-state index in [0.717, 1.165) is 0 Å². The summed E-state index contributed by atoms with van der Waals surface area (Å²) in [5.41, 5.74) is -0.463. The van der Waals surface area contributed by atoms with Gasteiger partial charge < -0.3 is 15.7 Å². The van der Waals surface area contributed by atoms with Gasteiger partial charge in [-0.1, -0.05) is 0 Å². The topological polar surface area (TPSA) is 61.4 Å². The van der Waals surface area contributed by atoms with Crippen molar-refractivity contribution in [2.24, 2.45) is 0 Å². The lowest BCUT2D eigenvalue weighted by molar-refractivity contribution is 0.0826. The molecule has 0 aromatic heterocycles. The quantitative estimate of drug-likeness (QED) is 0.734. The van der Waals surface area contributed by atoms with Crippen LogP contribution >= 0.6 is 0 Å². The first kappa shape index (κ1) is 12.4. The fourth-order valence-electron chi connectivity index (χ4n) is 1.01. The number of amides is 2. The molecule has 0 aliphatic rings. The first-order valence-electron chi connectivity index (χ1n) is 4.90. The molecule has 5 heteroatoms. The zero-order valence-electron chi connectivity index (χ0n) is 9.25. The van der Waals surface area contributed by atoms with Gasteiger partial charge in [-0.15, -0.1) is 0 Å². The van der Waals surface area contributed by atoms with Crippen LogP contribution in [0.1, 0.15) is 13.8 Å². The summed E-state index contributed by atoms with van der Waals surface area (Å²) < 4.78 is 12.6. The van der Waals surface area contributed by atoms with Crippen molar-refractivity contribution in [3.8, 4) is 0 Å². The maximum absolute atomic E-state index is 12.6. The summed E-state index contributed by atoms with van der Waals surface area (Å²) >= 11 is 0. The number of rotatable bonds is 3. The summed E-state index contributed by atoms with van der Waals surface area (Å²) in [6, 6.07) is 4.99. The number of benzene rings is 1. The lowest BCUT2D eigenvalue weighted by Crippen LogP contribution is -2.40. The average Bonchev–Trinajstić information content (AvgIpc) is 2.18. The van der Waals surface area contributed by atoms with E-state index in [2.05, 4.69) is 10.6 Å². The predicted molar refractivity (Wildman–Crippen MR) is 59.7 cm³/mol. The van der Waals surface area contributed by atoms with Crippen LogP contribution in [0.15, 0.2) is 24.3 Å². The Kier molecular flexibility index (Phi) is 3.84. The number of hydrogen-bond donors (Lipinski definition) is 3. The Labute approximate surface area is 93.5 Å². The molecule has 0 heterocycles. The molecule has 0 spiro atoms. The van der Waals surface area contributed by atoms with Crippen LogP contribution in [0, 0.1) is 5.82 Å². The standard InChI is InChI=1S/C11H15FN2O2/c1-11(2,16)7-13-10(15)14-9-5-3-8(12)4-6-9/h3-6,16H,7H2,1-2H3,(H2,13,14,15). The zero-order valence-corrected chi connectivity index (χ0v) is 9.25. The summed E-state index contributed by atoms with van der Waals surface area (Å²) in [6.45, 7) is 3.32. The molecule has 4 nitrogen and oxygen atoms in total. The minimum absolute atomic E-state index is 0.139. The second-order valence-corrected chi connectivity index (χ2v) is 4.13. The highest BCUT2D eigenvalue weighted by Crippen LogP contribution is 2.07. The van der Waals surface area contributed by atoms with Gasteiger partial charge >= 0.3 is 6.03 Å². The average molecular weight is 226 g/mol. The van der Waals surface area contributed by atoms with Crippen LogP contribution in [0.5, 0.6) is 0 Å². The molecule has 1 rings (SSSR count). The summed E-state index contributed by atoms with van der Waals surface area (Å²) in [4.78, 5) is 11.3. The van der Waals surface area contributed by atoms with Crippen molar-refractivity contribution in [1.29, 1.82) is 0 Å². The molecule has 0 unspecified atom stereocenters. The van der Waals surface area contributed by atoms with Gasteiger partial charge in [0.2, 0.25) is 0 Å². The van der Waals surface area contributed by atoms with Crippen LogP contribution in [-0.2, 0) is 0 Å². The molecule has 0 atom stereocenters. The number of anilines is 1. The molecular formula is C11H15FN2O2. The Hall–Kier alpha value is -1.62. The van der Waals surface area contributed by atoms with E-state index in [1.54, 1.807) is 13.8 Å². The Morgan fingerprint density at radius 2 is 1.94 bits per heavy atom. The predicted octanol–water partition coefficient (Wildman–Crippen LogP) is 1.72. The normalized spacial score (nSPS) is 11.0. The lowest BCUT2D eigenvalue weighted by Gasteiger charge is -2.17. The first-order chi connectivity index (χ1) is 7.37. The molecule has 0 saturated heterocycles. The van der Waals surface area contributed by atoms with Crippen molar-refractivity contribution in [1.82, 2.24) is 5.32 Å². The van der Waals surface area contributed by atoms with E-state index < -0.39 is 11.6 Å². The number of aliphatic hydroxyl groups is 1. The second kappa shape index (κ2) is 4.94. The largest absolute Gasteiger partial charge is 0.389 e. The van der Waals surface area contributed by atoms with Gasteiger partial charge in [0.05, 0.1) is 5.60 Å². The van der Waals surface area contributed by atoms with Gasteiger partial charge in [0.15, 0.2) is 0 Å². The SMILES string of the molecule is CC(C)(O)CNC(=O)Nc1ccc(F)cc1. The Morgan fingerprint density at radius 3 is 2.44 bits per heavy atom. The molecule has 0 aliphatic heterocycles. The lowest BCUT2D eigenvalue weighted by atomic mass is 10.1. The van der Waals surface area contributed by atoms with E-state index in [1.165, 1.54) is 24.3 Å². The molecular weight excluding hydrogens is 211 g/mol. The van der Waals surface area contributed by atoms with Crippen molar-refractivity contribution in [3.63, 3.8) is 0 Å². The zero-order chi connectivity index (χ0) is 12.2. The summed E-state index contributed by atoms with van der Waals surface area (Å²) in [7, 11) is 0. The fraction of sp³-hybridized carbons (Fsp3) is 0.364. The third-order valence-electron chi connectivity index (χ3n) is 1.78. The molecule has 0 saturated carbocycles. The van der Waals surface area contributed by atoms with Gasteiger partial charge in [0.25, 0.3) is 0 Å². The van der Waals surface area contributed by atoms with Gasteiger partial charge in [-0.3, -0.25) is 0 Å². The minimum atomic E-state index is -0.958. The maximum Gasteiger partial charge on any atom is 0.319 e. The number of urea groups is 1. The molecule has 0 radical (unpaired) electrons. The molecule has 0 bridgehead atoms. The van der Waals surface area contributed by atoms with Crippen LogP contribution in [-0.4, -0.2) is 23.3 Å². The van der Waals surface area contributed by atoms with Gasteiger partial charge in [0.1, 0.15) is 5.82 Å². The third kappa shape index (κ3) is 4.75. The number of carbonyl (C=O) groups excluding carboxylic acids is 1. The Balaban J connectivity index is 2.43. The van der Waals surface area contributed by atoms with E-state index in [0.29, 0.717) is 5.69 Å².